The number of carbonyl (C=O) groups excluding carboxylic acids is 1. The lowest BCUT2D eigenvalue weighted by molar-refractivity contribution is 0.0160. The number of ether oxygens (including phenoxy) is 1. The Bertz CT molecular complexity index is 712. The third-order valence-electron chi connectivity index (χ3n) is 4.50. The molecule has 23 heavy (non-hydrogen) atoms. The van der Waals surface area contributed by atoms with Crippen molar-refractivity contribution in [2.75, 3.05) is 11.9 Å². The third kappa shape index (κ3) is 2.85. The van der Waals surface area contributed by atoms with Gasteiger partial charge in [0.05, 0.1) is 17.8 Å². The van der Waals surface area contributed by atoms with Crippen LogP contribution in [0, 0.1) is 6.92 Å². The normalized spacial score (nSPS) is 25.5. The van der Waals surface area contributed by atoms with E-state index >= 15 is 0 Å². The zero-order chi connectivity index (χ0) is 15.8. The number of hydrogen-bond acceptors (Lipinski definition) is 4. The van der Waals surface area contributed by atoms with E-state index in [2.05, 4.69) is 15.6 Å². The number of anilines is 1. The summed E-state index contributed by atoms with van der Waals surface area (Å²) >= 11 is 0. The molecule has 4 rings (SSSR count). The van der Waals surface area contributed by atoms with Crippen molar-refractivity contribution < 1.29 is 9.53 Å². The van der Waals surface area contributed by atoms with Crippen LogP contribution in [0.5, 0.6) is 0 Å². The molecule has 0 saturated carbocycles. The van der Waals surface area contributed by atoms with Crippen molar-refractivity contribution in [3.8, 4) is 0 Å². The highest BCUT2D eigenvalue weighted by Crippen LogP contribution is 2.37. The number of hydrogen-bond donors (Lipinski definition) is 2. The van der Waals surface area contributed by atoms with E-state index in [1.165, 1.54) is 0 Å². The highest BCUT2D eigenvalue weighted by molar-refractivity contribution is 6.04. The predicted molar refractivity (Wildman–Crippen MR) is 87.4 cm³/mol. The first kappa shape index (κ1) is 14.4. The Balaban J connectivity index is 1.44. The van der Waals surface area contributed by atoms with Gasteiger partial charge in [0.25, 0.3) is 5.91 Å². The lowest BCUT2D eigenvalue weighted by Gasteiger charge is -2.23. The molecule has 0 spiro atoms. The summed E-state index contributed by atoms with van der Waals surface area (Å²) in [4.78, 5) is 16.3. The van der Waals surface area contributed by atoms with Crippen LogP contribution >= 0.6 is 0 Å². The number of carbonyl (C=O) groups is 1. The van der Waals surface area contributed by atoms with Crippen molar-refractivity contribution in [3.63, 3.8) is 0 Å². The number of pyridine rings is 1. The fraction of sp³-hybridized carbons (Fsp3) is 0.333. The van der Waals surface area contributed by atoms with E-state index in [9.17, 15) is 4.79 Å². The minimum absolute atomic E-state index is 0.125. The zero-order valence-corrected chi connectivity index (χ0v) is 13.0. The summed E-state index contributed by atoms with van der Waals surface area (Å²) in [6, 6.07) is 11.9. The Kier molecular flexibility index (Phi) is 3.59. The molecular weight excluding hydrogens is 290 g/mol. The lowest BCUT2D eigenvalue weighted by atomic mass is 10.0. The highest BCUT2D eigenvalue weighted by Gasteiger charge is 2.41. The number of aryl methyl sites for hydroxylation is 1. The van der Waals surface area contributed by atoms with Crippen LogP contribution in [0.2, 0.25) is 0 Å². The van der Waals surface area contributed by atoms with Crippen LogP contribution in [0.25, 0.3) is 0 Å². The third-order valence-corrected chi connectivity index (χ3v) is 4.50. The van der Waals surface area contributed by atoms with E-state index in [1.54, 1.807) is 12.3 Å². The van der Waals surface area contributed by atoms with Crippen LogP contribution in [0.4, 0.5) is 5.69 Å². The zero-order valence-electron chi connectivity index (χ0n) is 13.0. The summed E-state index contributed by atoms with van der Waals surface area (Å²) < 4.78 is 5.99. The van der Waals surface area contributed by atoms with E-state index in [-0.39, 0.29) is 12.0 Å². The Hall–Kier alpha value is -2.24. The van der Waals surface area contributed by atoms with Crippen molar-refractivity contribution >= 4 is 11.6 Å². The maximum Gasteiger partial charge on any atom is 0.257 e. The first-order valence-electron chi connectivity index (χ1n) is 7.92. The maximum atomic E-state index is 12.2. The van der Waals surface area contributed by atoms with Gasteiger partial charge in [-0.25, -0.2) is 0 Å². The summed E-state index contributed by atoms with van der Waals surface area (Å²) in [5, 5.41) is 6.37. The Morgan fingerprint density at radius 1 is 1.26 bits per heavy atom. The fourth-order valence-electron chi connectivity index (χ4n) is 3.24. The summed E-state index contributed by atoms with van der Waals surface area (Å²) in [5.41, 5.74) is 3.38. The molecule has 0 aliphatic carbocycles. The molecule has 2 bridgehead atoms. The minimum atomic E-state index is -0.150. The summed E-state index contributed by atoms with van der Waals surface area (Å²) in [6.45, 7) is 2.85. The molecule has 5 nitrogen and oxygen atoms in total. The molecule has 2 aliphatic heterocycles. The molecule has 2 aliphatic rings. The number of morpholine rings is 1. The number of rotatable bonds is 3. The number of nitrogens with one attached hydrogen (secondary N) is 2. The number of benzene rings is 1. The van der Waals surface area contributed by atoms with Gasteiger partial charge in [-0.2, -0.15) is 0 Å². The SMILES string of the molecule is Cc1ccc(C(=O)Nc2ccc([C@@H]3O[C@H]4CN[C@@H]3C4)cc2)cn1. The Labute approximate surface area is 135 Å². The van der Waals surface area contributed by atoms with Crippen LogP contribution in [-0.4, -0.2) is 29.6 Å². The summed E-state index contributed by atoms with van der Waals surface area (Å²) in [6.07, 6.45) is 3.15. The molecule has 1 aromatic heterocycles. The second-order valence-corrected chi connectivity index (χ2v) is 6.19. The first-order chi connectivity index (χ1) is 11.2. The van der Waals surface area contributed by atoms with Crippen LogP contribution in [0.1, 0.15) is 34.1 Å². The van der Waals surface area contributed by atoms with Crippen molar-refractivity contribution in [3.05, 3.63) is 59.4 Å². The smallest absolute Gasteiger partial charge is 0.257 e. The van der Waals surface area contributed by atoms with Crippen LogP contribution in [0.3, 0.4) is 0 Å². The second-order valence-electron chi connectivity index (χ2n) is 6.19. The van der Waals surface area contributed by atoms with E-state index in [0.29, 0.717) is 17.7 Å². The van der Waals surface area contributed by atoms with Gasteiger partial charge in [-0.3, -0.25) is 9.78 Å². The van der Waals surface area contributed by atoms with Crippen LogP contribution in [-0.2, 0) is 4.74 Å². The number of aromatic nitrogens is 1. The number of nitrogens with zero attached hydrogens (tertiary/aromatic N) is 1. The Morgan fingerprint density at radius 2 is 2.09 bits per heavy atom. The number of amides is 1. The van der Waals surface area contributed by atoms with Gasteiger partial charge in [-0.05, 0) is 43.2 Å². The van der Waals surface area contributed by atoms with Gasteiger partial charge in [0.2, 0.25) is 0 Å². The molecule has 118 valence electrons. The first-order valence-corrected chi connectivity index (χ1v) is 7.92. The van der Waals surface area contributed by atoms with Crippen molar-refractivity contribution in [1.29, 1.82) is 0 Å². The minimum Gasteiger partial charge on any atom is -0.367 e. The van der Waals surface area contributed by atoms with Gasteiger partial charge in [-0.15, -0.1) is 0 Å². The number of fused-ring (bicyclic) bond motifs is 2. The van der Waals surface area contributed by atoms with E-state index in [1.807, 2.05) is 37.3 Å². The average Bonchev–Trinajstić information content (AvgIpc) is 3.19. The topological polar surface area (TPSA) is 63.2 Å². The van der Waals surface area contributed by atoms with Crippen LogP contribution in [0.15, 0.2) is 42.6 Å². The van der Waals surface area contributed by atoms with Gasteiger partial charge >= 0.3 is 0 Å². The molecular formula is C18H19N3O2. The van der Waals surface area contributed by atoms with Crippen molar-refractivity contribution in [2.24, 2.45) is 0 Å². The second kappa shape index (κ2) is 5.76. The van der Waals surface area contributed by atoms with Gasteiger partial charge in [0, 0.05) is 30.2 Å². The van der Waals surface area contributed by atoms with E-state index in [0.717, 1.165) is 29.9 Å². The molecule has 2 saturated heterocycles. The summed E-state index contributed by atoms with van der Waals surface area (Å²) in [7, 11) is 0. The van der Waals surface area contributed by atoms with Crippen molar-refractivity contribution in [2.45, 2.75) is 31.6 Å². The van der Waals surface area contributed by atoms with Gasteiger partial charge in [0.15, 0.2) is 0 Å². The molecule has 2 aromatic rings. The lowest BCUT2D eigenvalue weighted by Crippen LogP contribution is -2.33. The predicted octanol–water partition coefficient (Wildman–Crippen LogP) is 2.44. The van der Waals surface area contributed by atoms with Gasteiger partial charge in [-0.1, -0.05) is 12.1 Å². The standard InChI is InChI=1S/C18H19N3O2/c1-11-2-3-13(9-19-11)18(22)21-14-6-4-12(5-7-14)17-16-8-15(23-17)10-20-16/h2-7,9,15-17,20H,8,10H2,1H3,(H,21,22)/t15-,16-,17+/m1/s1. The monoisotopic (exact) mass is 309 g/mol. The molecule has 3 atom stereocenters. The Morgan fingerprint density at radius 3 is 2.70 bits per heavy atom. The quantitative estimate of drug-likeness (QED) is 0.914. The van der Waals surface area contributed by atoms with Crippen molar-refractivity contribution in [1.82, 2.24) is 10.3 Å². The summed E-state index contributed by atoms with van der Waals surface area (Å²) in [5.74, 6) is -0.150. The van der Waals surface area contributed by atoms with Gasteiger partial charge < -0.3 is 15.4 Å². The molecule has 5 heteroatoms. The van der Waals surface area contributed by atoms with Crippen LogP contribution < -0.4 is 10.6 Å². The molecule has 2 fully saturated rings. The molecule has 0 unspecified atom stereocenters. The fourth-order valence-corrected chi connectivity index (χ4v) is 3.24. The average molecular weight is 309 g/mol. The maximum absolute atomic E-state index is 12.2. The molecule has 2 N–H and O–H groups in total. The molecule has 3 heterocycles. The van der Waals surface area contributed by atoms with Gasteiger partial charge in [0.1, 0.15) is 0 Å². The molecule has 1 amide bonds. The van der Waals surface area contributed by atoms with E-state index < -0.39 is 0 Å². The molecule has 1 aromatic carbocycles. The largest absolute Gasteiger partial charge is 0.367 e. The van der Waals surface area contributed by atoms with E-state index in [4.69, 9.17) is 4.74 Å². The molecule has 0 radical (unpaired) electrons. The highest BCUT2D eigenvalue weighted by atomic mass is 16.5.